The van der Waals surface area contributed by atoms with Gasteiger partial charge >= 0.3 is 11.9 Å². The van der Waals surface area contributed by atoms with E-state index in [1.807, 2.05) is 0 Å². The summed E-state index contributed by atoms with van der Waals surface area (Å²) in [6, 6.07) is 6.59. The molecule has 1 aromatic rings. The summed E-state index contributed by atoms with van der Waals surface area (Å²) in [5.74, 6) is -7.36. The average Bonchev–Trinajstić information content (AvgIpc) is 3.28. The first-order valence-electron chi connectivity index (χ1n) is 6.71. The molecule has 6 N–H and O–H groups in total. The van der Waals surface area contributed by atoms with E-state index >= 15 is 0 Å². The molecule has 9 nitrogen and oxygen atoms in total. The molecule has 0 aromatic heterocycles. The van der Waals surface area contributed by atoms with Crippen molar-refractivity contribution in [1.29, 1.82) is 0 Å². The van der Waals surface area contributed by atoms with Crippen molar-refractivity contribution in [3.63, 3.8) is 0 Å². The molecule has 0 saturated heterocycles. The molecule has 4 atom stereocenters. The Kier molecular flexibility index (Phi) is 4.60. The van der Waals surface area contributed by atoms with Crippen molar-refractivity contribution >= 4 is 23.8 Å². The van der Waals surface area contributed by atoms with Gasteiger partial charge in [0.05, 0.1) is 11.8 Å². The highest BCUT2D eigenvalue weighted by Crippen LogP contribution is 2.48. The fourth-order valence-corrected chi connectivity index (χ4v) is 2.47. The molecule has 1 aliphatic carbocycles. The molecular formula is C14H15N3O6. The summed E-state index contributed by atoms with van der Waals surface area (Å²) in [4.78, 5) is 45.6. The fourth-order valence-electron chi connectivity index (χ4n) is 2.47. The number of aliphatic carboxylic acids is 2. The van der Waals surface area contributed by atoms with Crippen LogP contribution in [0, 0.1) is 17.8 Å². The standard InChI is InChI=1S/C14H15N3O6/c15-10(14(22)23)7-8(9(7)13(20)21)12(19)17-16-11(18)6-4-2-1-3-5-6/h1-5,7-10H,15H2,(H,16,18)(H,17,19)(H,20,21)(H,22,23). The van der Waals surface area contributed by atoms with Crippen molar-refractivity contribution in [2.75, 3.05) is 0 Å². The molecule has 0 spiro atoms. The highest BCUT2D eigenvalue weighted by Gasteiger charge is 2.63. The molecule has 1 saturated carbocycles. The lowest BCUT2D eigenvalue weighted by Gasteiger charge is -2.08. The first kappa shape index (κ1) is 16.4. The summed E-state index contributed by atoms with van der Waals surface area (Å²) >= 11 is 0. The van der Waals surface area contributed by atoms with Crippen molar-refractivity contribution in [3.8, 4) is 0 Å². The molecule has 0 heterocycles. The van der Waals surface area contributed by atoms with Crippen LogP contribution in [0.4, 0.5) is 0 Å². The molecular weight excluding hydrogens is 306 g/mol. The van der Waals surface area contributed by atoms with E-state index in [-0.39, 0.29) is 0 Å². The maximum atomic E-state index is 12.0. The second-order valence-electron chi connectivity index (χ2n) is 5.14. The van der Waals surface area contributed by atoms with Gasteiger partial charge in [0.2, 0.25) is 5.91 Å². The molecule has 0 bridgehead atoms. The smallest absolute Gasteiger partial charge is 0.320 e. The Labute approximate surface area is 130 Å². The van der Waals surface area contributed by atoms with E-state index in [0.717, 1.165) is 0 Å². The van der Waals surface area contributed by atoms with Gasteiger partial charge in [-0.3, -0.25) is 30.0 Å². The Morgan fingerprint density at radius 2 is 1.61 bits per heavy atom. The van der Waals surface area contributed by atoms with Crippen LogP contribution in [0.2, 0.25) is 0 Å². The van der Waals surface area contributed by atoms with Crippen LogP contribution in [0.25, 0.3) is 0 Å². The number of hydrogen-bond acceptors (Lipinski definition) is 5. The summed E-state index contributed by atoms with van der Waals surface area (Å²) in [6.07, 6.45) is 0. The van der Waals surface area contributed by atoms with Gasteiger partial charge in [-0.25, -0.2) is 0 Å². The number of nitrogens with two attached hydrogens (primary N) is 1. The molecule has 4 unspecified atom stereocenters. The number of hydrogen-bond donors (Lipinski definition) is 5. The van der Waals surface area contributed by atoms with Gasteiger partial charge in [-0.05, 0) is 12.1 Å². The van der Waals surface area contributed by atoms with Crippen molar-refractivity contribution < 1.29 is 29.4 Å². The van der Waals surface area contributed by atoms with Crippen molar-refractivity contribution in [3.05, 3.63) is 35.9 Å². The summed E-state index contributed by atoms with van der Waals surface area (Å²) in [6.45, 7) is 0. The first-order chi connectivity index (χ1) is 10.8. The number of nitrogens with one attached hydrogen (secondary N) is 2. The van der Waals surface area contributed by atoms with Gasteiger partial charge in [-0.15, -0.1) is 0 Å². The maximum absolute atomic E-state index is 12.0. The topological polar surface area (TPSA) is 159 Å². The second-order valence-corrected chi connectivity index (χ2v) is 5.14. The Hall–Kier alpha value is -2.94. The van der Waals surface area contributed by atoms with Crippen LogP contribution in [0.5, 0.6) is 0 Å². The van der Waals surface area contributed by atoms with Gasteiger partial charge in [-0.1, -0.05) is 18.2 Å². The predicted octanol–water partition coefficient (Wildman–Crippen LogP) is -1.19. The Morgan fingerprint density at radius 1 is 1.00 bits per heavy atom. The third kappa shape index (κ3) is 3.46. The monoisotopic (exact) mass is 321 g/mol. The fraction of sp³-hybridized carbons (Fsp3) is 0.286. The van der Waals surface area contributed by atoms with E-state index in [9.17, 15) is 19.2 Å². The summed E-state index contributed by atoms with van der Waals surface area (Å²) in [7, 11) is 0. The predicted molar refractivity (Wildman–Crippen MR) is 75.8 cm³/mol. The SMILES string of the molecule is NC(C(=O)O)C1C(C(=O)O)C1C(=O)NNC(=O)c1ccccc1. The first-order valence-corrected chi connectivity index (χ1v) is 6.71. The van der Waals surface area contributed by atoms with Gasteiger partial charge in [-0.2, -0.15) is 0 Å². The molecule has 0 aliphatic heterocycles. The minimum Gasteiger partial charge on any atom is -0.481 e. The van der Waals surface area contributed by atoms with Crippen LogP contribution in [0.1, 0.15) is 10.4 Å². The summed E-state index contributed by atoms with van der Waals surface area (Å²) < 4.78 is 0. The van der Waals surface area contributed by atoms with Gasteiger partial charge in [0.1, 0.15) is 6.04 Å². The molecule has 1 aromatic carbocycles. The van der Waals surface area contributed by atoms with Crippen molar-refractivity contribution in [2.45, 2.75) is 6.04 Å². The maximum Gasteiger partial charge on any atom is 0.320 e. The van der Waals surface area contributed by atoms with E-state index < -0.39 is 47.5 Å². The molecule has 23 heavy (non-hydrogen) atoms. The summed E-state index contributed by atoms with van der Waals surface area (Å²) in [5.41, 5.74) is 9.95. The van der Waals surface area contributed by atoms with Crippen LogP contribution in [0.3, 0.4) is 0 Å². The van der Waals surface area contributed by atoms with E-state index in [4.69, 9.17) is 15.9 Å². The lowest BCUT2D eigenvalue weighted by molar-refractivity contribution is -0.141. The van der Waals surface area contributed by atoms with Crippen molar-refractivity contribution in [1.82, 2.24) is 10.9 Å². The third-order valence-corrected chi connectivity index (χ3v) is 3.70. The number of rotatable bonds is 5. The van der Waals surface area contributed by atoms with Crippen LogP contribution >= 0.6 is 0 Å². The Bertz CT molecular complexity index is 647. The zero-order valence-corrected chi connectivity index (χ0v) is 11.8. The number of amides is 2. The van der Waals surface area contributed by atoms with Gasteiger partial charge in [0, 0.05) is 11.5 Å². The highest BCUT2D eigenvalue weighted by molar-refractivity contribution is 5.97. The van der Waals surface area contributed by atoms with Crippen LogP contribution in [-0.2, 0) is 14.4 Å². The zero-order valence-electron chi connectivity index (χ0n) is 11.8. The normalized spacial score (nSPS) is 23.4. The molecule has 0 radical (unpaired) electrons. The molecule has 9 heteroatoms. The number of benzene rings is 1. The van der Waals surface area contributed by atoms with E-state index in [0.29, 0.717) is 5.56 Å². The second kappa shape index (κ2) is 6.44. The van der Waals surface area contributed by atoms with E-state index in [2.05, 4.69) is 10.9 Å². The van der Waals surface area contributed by atoms with Crippen LogP contribution in [-0.4, -0.2) is 40.0 Å². The lowest BCUT2D eigenvalue weighted by atomic mass is 10.1. The zero-order chi connectivity index (χ0) is 17.1. The largest absolute Gasteiger partial charge is 0.481 e. The Morgan fingerprint density at radius 3 is 2.13 bits per heavy atom. The van der Waals surface area contributed by atoms with Gasteiger partial charge < -0.3 is 15.9 Å². The number of carbonyl (C=O) groups is 4. The molecule has 2 amide bonds. The highest BCUT2D eigenvalue weighted by atomic mass is 16.4. The van der Waals surface area contributed by atoms with E-state index in [1.165, 1.54) is 12.1 Å². The van der Waals surface area contributed by atoms with Gasteiger partial charge in [0.25, 0.3) is 5.91 Å². The quantitative estimate of drug-likeness (QED) is 0.426. The molecule has 1 fully saturated rings. The molecule has 122 valence electrons. The third-order valence-electron chi connectivity index (χ3n) is 3.70. The van der Waals surface area contributed by atoms with Crippen molar-refractivity contribution in [2.24, 2.45) is 23.5 Å². The number of hydrazine groups is 1. The van der Waals surface area contributed by atoms with Crippen LogP contribution < -0.4 is 16.6 Å². The molecule has 1 aliphatic rings. The molecule has 2 rings (SSSR count). The average molecular weight is 321 g/mol. The van der Waals surface area contributed by atoms with Crippen LogP contribution in [0.15, 0.2) is 30.3 Å². The lowest BCUT2D eigenvalue weighted by Crippen LogP contribution is -2.43. The number of carboxylic acids is 2. The van der Waals surface area contributed by atoms with Gasteiger partial charge in [0.15, 0.2) is 0 Å². The summed E-state index contributed by atoms with van der Waals surface area (Å²) in [5, 5.41) is 17.9. The Balaban J connectivity index is 1.96. The minimum atomic E-state index is -1.46. The minimum absolute atomic E-state index is 0.303. The number of carboxylic acid groups (broad SMARTS) is 2. The number of carbonyl (C=O) groups excluding carboxylic acids is 2. The van der Waals surface area contributed by atoms with E-state index in [1.54, 1.807) is 18.2 Å².